The van der Waals surface area contributed by atoms with Crippen molar-refractivity contribution < 1.29 is 23.4 Å². The summed E-state index contributed by atoms with van der Waals surface area (Å²) < 4.78 is 22.7. The van der Waals surface area contributed by atoms with Crippen LogP contribution in [0.15, 0.2) is 26.3 Å². The molecule has 32 heavy (non-hydrogen) atoms. The molecule has 1 unspecified atom stereocenters. The van der Waals surface area contributed by atoms with Gasteiger partial charge in [-0.1, -0.05) is 13.3 Å². The van der Waals surface area contributed by atoms with Gasteiger partial charge in [0.2, 0.25) is 11.7 Å². The molecular formula is C23H34N2O6S. The fourth-order valence-electron chi connectivity index (χ4n) is 3.54. The lowest BCUT2D eigenvalue weighted by Crippen LogP contribution is -2.40. The molecule has 2 aliphatic rings. The van der Waals surface area contributed by atoms with Crippen molar-refractivity contribution in [1.82, 2.24) is 5.32 Å². The molecule has 2 heterocycles. The van der Waals surface area contributed by atoms with E-state index < -0.39 is 23.5 Å². The van der Waals surface area contributed by atoms with Crippen molar-refractivity contribution in [3.63, 3.8) is 0 Å². The minimum absolute atomic E-state index is 0.215. The molecule has 1 aliphatic carbocycles. The third kappa shape index (κ3) is 6.59. The van der Waals surface area contributed by atoms with Crippen LogP contribution in [0.1, 0.15) is 65.2 Å². The number of ether oxygens (including phenoxy) is 3. The second kappa shape index (κ2) is 11.3. The molecule has 1 aromatic rings. The predicted molar refractivity (Wildman–Crippen MR) is 124 cm³/mol. The normalized spacial score (nSPS) is 19.5. The predicted octanol–water partition coefficient (Wildman–Crippen LogP) is 3.69. The fourth-order valence-corrected chi connectivity index (χ4v) is 4.66. The molecule has 1 aliphatic heterocycles. The third-order valence-electron chi connectivity index (χ3n) is 5.36. The first-order chi connectivity index (χ1) is 15.4. The Kier molecular flexibility index (Phi) is 8.79. The summed E-state index contributed by atoms with van der Waals surface area (Å²) in [6.07, 6.45) is 3.77. The summed E-state index contributed by atoms with van der Waals surface area (Å²) in [4.78, 5) is 29.7. The van der Waals surface area contributed by atoms with E-state index in [2.05, 4.69) is 10.3 Å². The van der Waals surface area contributed by atoms with E-state index in [-0.39, 0.29) is 5.91 Å². The molecular weight excluding hydrogens is 432 g/mol. The standard InChI is InChI=1S/C23H34N2O6S/c1-5-8-17(19-11-16(12-20(26)31-19)28-13-15-9-10-15)24-21(27)18-14-32-22(25-18)23(4,29-6-2)30-7-3/h11-12,15,17-18H,5-10,13-14H2,1-4H3,(H,24,27)/t17?,18-/m0/s1. The van der Waals surface area contributed by atoms with Crippen LogP contribution in [0.3, 0.4) is 0 Å². The van der Waals surface area contributed by atoms with Crippen molar-refractivity contribution in [2.75, 3.05) is 25.6 Å². The molecule has 8 nitrogen and oxygen atoms in total. The van der Waals surface area contributed by atoms with Gasteiger partial charge < -0.3 is 23.9 Å². The monoisotopic (exact) mass is 466 g/mol. The van der Waals surface area contributed by atoms with Crippen LogP contribution in [0.5, 0.6) is 5.75 Å². The summed E-state index contributed by atoms with van der Waals surface area (Å²) in [6.45, 7) is 9.19. The molecule has 178 valence electrons. The van der Waals surface area contributed by atoms with Gasteiger partial charge in [0.15, 0.2) is 0 Å². The maximum absolute atomic E-state index is 13.0. The van der Waals surface area contributed by atoms with E-state index in [9.17, 15) is 9.59 Å². The van der Waals surface area contributed by atoms with E-state index in [1.165, 1.54) is 17.8 Å². The maximum Gasteiger partial charge on any atom is 0.339 e. The first-order valence-corrected chi connectivity index (χ1v) is 12.4. The quantitative estimate of drug-likeness (QED) is 0.443. The van der Waals surface area contributed by atoms with Gasteiger partial charge in [0.05, 0.1) is 18.7 Å². The van der Waals surface area contributed by atoms with Crippen molar-refractivity contribution in [1.29, 1.82) is 0 Å². The van der Waals surface area contributed by atoms with Crippen molar-refractivity contribution in [3.05, 3.63) is 28.3 Å². The number of thioether (sulfide) groups is 1. The average molecular weight is 467 g/mol. The highest BCUT2D eigenvalue weighted by molar-refractivity contribution is 8.14. The molecule has 0 aromatic carbocycles. The van der Waals surface area contributed by atoms with E-state index in [0.717, 1.165) is 19.3 Å². The summed E-state index contributed by atoms with van der Waals surface area (Å²) in [5.41, 5.74) is -0.482. The van der Waals surface area contributed by atoms with Gasteiger partial charge in [-0.2, -0.15) is 0 Å². The lowest BCUT2D eigenvalue weighted by atomic mass is 10.1. The van der Waals surface area contributed by atoms with Crippen LogP contribution >= 0.6 is 11.8 Å². The summed E-state index contributed by atoms with van der Waals surface area (Å²) in [7, 11) is 0. The average Bonchev–Trinajstić information content (AvgIpc) is 3.44. The van der Waals surface area contributed by atoms with Crippen LogP contribution in [0, 0.1) is 5.92 Å². The Morgan fingerprint density at radius 3 is 2.62 bits per heavy atom. The highest BCUT2D eigenvalue weighted by Gasteiger charge is 2.39. The Balaban J connectivity index is 1.71. The van der Waals surface area contributed by atoms with E-state index in [0.29, 0.717) is 54.5 Å². The van der Waals surface area contributed by atoms with Gasteiger partial charge in [-0.05, 0) is 46.0 Å². The molecule has 0 bridgehead atoms. The molecule has 0 spiro atoms. The largest absolute Gasteiger partial charge is 0.493 e. The highest BCUT2D eigenvalue weighted by Crippen LogP contribution is 2.31. The molecule has 1 amide bonds. The van der Waals surface area contributed by atoms with Gasteiger partial charge in [0.25, 0.3) is 0 Å². The van der Waals surface area contributed by atoms with Gasteiger partial charge >= 0.3 is 5.63 Å². The number of rotatable bonds is 13. The van der Waals surface area contributed by atoms with Crippen LogP contribution in [-0.4, -0.2) is 48.4 Å². The highest BCUT2D eigenvalue weighted by atomic mass is 32.2. The third-order valence-corrected chi connectivity index (χ3v) is 6.60. The smallest absolute Gasteiger partial charge is 0.339 e. The number of nitrogens with zero attached hydrogens (tertiary/aromatic N) is 1. The van der Waals surface area contributed by atoms with E-state index in [1.54, 1.807) is 6.07 Å². The minimum Gasteiger partial charge on any atom is -0.493 e. The molecule has 1 aromatic heterocycles. The van der Waals surface area contributed by atoms with Crippen molar-refractivity contribution >= 4 is 22.7 Å². The lowest BCUT2D eigenvalue weighted by molar-refractivity contribution is -0.168. The first-order valence-electron chi connectivity index (χ1n) is 11.5. The summed E-state index contributed by atoms with van der Waals surface area (Å²) in [5.74, 6) is 0.799. The second-order valence-corrected chi connectivity index (χ2v) is 9.20. The fraction of sp³-hybridized carbons (Fsp3) is 0.696. The number of amides is 1. The number of hydrogen-bond donors (Lipinski definition) is 1. The summed E-state index contributed by atoms with van der Waals surface area (Å²) in [5, 5.41) is 3.68. The van der Waals surface area contributed by atoms with Crippen LogP contribution in [0.2, 0.25) is 0 Å². The van der Waals surface area contributed by atoms with Gasteiger partial charge in [0.1, 0.15) is 22.6 Å². The van der Waals surface area contributed by atoms with E-state index in [1.807, 2.05) is 27.7 Å². The van der Waals surface area contributed by atoms with Gasteiger partial charge in [-0.15, -0.1) is 11.8 Å². The van der Waals surface area contributed by atoms with Crippen LogP contribution in [0.25, 0.3) is 0 Å². The zero-order valence-electron chi connectivity index (χ0n) is 19.3. The van der Waals surface area contributed by atoms with Gasteiger partial charge in [-0.25, -0.2) is 4.79 Å². The SMILES string of the molecule is CCCC(NC(=O)[C@@H]1CSC(C(C)(OCC)OCC)=N1)c1cc(OCC2CC2)cc(=O)o1. The molecule has 0 radical (unpaired) electrons. The van der Waals surface area contributed by atoms with Gasteiger partial charge in [0, 0.05) is 25.0 Å². The number of carbonyl (C=O) groups is 1. The zero-order chi connectivity index (χ0) is 23.1. The molecule has 9 heteroatoms. The first kappa shape index (κ1) is 24.8. The Morgan fingerprint density at radius 1 is 1.28 bits per heavy atom. The maximum atomic E-state index is 13.0. The second-order valence-electron chi connectivity index (χ2n) is 8.19. The van der Waals surface area contributed by atoms with E-state index in [4.69, 9.17) is 18.6 Å². The molecule has 3 rings (SSSR count). The Bertz CT molecular complexity index is 860. The molecule has 1 fully saturated rings. The zero-order valence-corrected chi connectivity index (χ0v) is 20.2. The van der Waals surface area contributed by atoms with Crippen molar-refractivity contribution in [3.8, 4) is 5.75 Å². The molecule has 2 atom stereocenters. The van der Waals surface area contributed by atoms with Crippen molar-refractivity contribution in [2.45, 2.75) is 71.2 Å². The minimum atomic E-state index is -0.952. The van der Waals surface area contributed by atoms with Gasteiger partial charge in [-0.3, -0.25) is 9.79 Å². The number of nitrogens with one attached hydrogen (secondary N) is 1. The Hall–Kier alpha value is -1.84. The molecule has 1 saturated carbocycles. The van der Waals surface area contributed by atoms with Crippen LogP contribution in [0.4, 0.5) is 0 Å². The van der Waals surface area contributed by atoms with Crippen LogP contribution in [-0.2, 0) is 14.3 Å². The molecule has 0 saturated heterocycles. The van der Waals surface area contributed by atoms with Crippen molar-refractivity contribution in [2.24, 2.45) is 10.9 Å². The number of aliphatic imine (C=N–C) groups is 1. The van der Waals surface area contributed by atoms with Crippen LogP contribution < -0.4 is 15.7 Å². The number of hydrogen-bond acceptors (Lipinski definition) is 8. The number of carbonyl (C=O) groups excluding carboxylic acids is 1. The molecule has 1 N–H and O–H groups in total. The van der Waals surface area contributed by atoms with E-state index >= 15 is 0 Å². The topological polar surface area (TPSA) is 99.4 Å². The lowest BCUT2D eigenvalue weighted by Gasteiger charge is -2.28. The Morgan fingerprint density at radius 2 is 2.00 bits per heavy atom. The Labute approximate surface area is 193 Å². The summed E-state index contributed by atoms with van der Waals surface area (Å²) in [6, 6.07) is 2.07. The summed E-state index contributed by atoms with van der Waals surface area (Å²) >= 11 is 1.47.